The molecular weight excluding hydrogens is 345 g/mol. The van der Waals surface area contributed by atoms with Gasteiger partial charge in [0, 0.05) is 11.3 Å². The second-order valence-electron chi connectivity index (χ2n) is 5.69. The second-order valence-corrected chi connectivity index (χ2v) is 6.75. The summed E-state index contributed by atoms with van der Waals surface area (Å²) in [5.41, 5.74) is 6.92. The Hall–Kier alpha value is -2.23. The molecule has 0 aliphatic carbocycles. The molecule has 3 heterocycles. The third-order valence-electron chi connectivity index (χ3n) is 4.02. The zero-order chi connectivity index (χ0) is 17.4. The fourth-order valence-electron chi connectivity index (χ4n) is 2.81. The Morgan fingerprint density at radius 2 is 2.12 bits per heavy atom. The monoisotopic (exact) mass is 361 g/mol. The van der Waals surface area contributed by atoms with Crippen LogP contribution in [0.15, 0.2) is 46.6 Å². The van der Waals surface area contributed by atoms with Crippen LogP contribution in [0.4, 0.5) is 10.3 Å². The van der Waals surface area contributed by atoms with E-state index >= 15 is 0 Å². The van der Waals surface area contributed by atoms with E-state index < -0.39 is 18.5 Å². The predicted octanol–water partition coefficient (Wildman–Crippen LogP) is 2.18. The van der Waals surface area contributed by atoms with Gasteiger partial charge in [0.2, 0.25) is 5.95 Å². The molecule has 0 radical (unpaired) electrons. The maximum absolute atomic E-state index is 13.9. The van der Waals surface area contributed by atoms with Crippen LogP contribution in [0.1, 0.15) is 12.6 Å². The summed E-state index contributed by atoms with van der Waals surface area (Å²) < 4.78 is 21.1. The summed E-state index contributed by atoms with van der Waals surface area (Å²) in [5.74, 6) is 0.112. The Balaban J connectivity index is 1.72. The van der Waals surface area contributed by atoms with E-state index in [1.807, 2.05) is 30.3 Å². The molecule has 130 valence electrons. The van der Waals surface area contributed by atoms with E-state index in [0.717, 1.165) is 4.90 Å². The first-order valence-corrected chi connectivity index (χ1v) is 8.60. The molecule has 2 aromatic heterocycles. The van der Waals surface area contributed by atoms with E-state index in [2.05, 4.69) is 15.0 Å². The van der Waals surface area contributed by atoms with Gasteiger partial charge in [0.1, 0.15) is 29.0 Å². The topological polar surface area (TPSA) is 99.1 Å². The predicted molar refractivity (Wildman–Crippen MR) is 90.8 cm³/mol. The first-order chi connectivity index (χ1) is 12.2. The van der Waals surface area contributed by atoms with Gasteiger partial charge < -0.3 is 15.6 Å². The molecule has 3 N–H and O–H groups in total. The molecule has 0 bridgehead atoms. The minimum atomic E-state index is -1.23. The molecule has 0 spiro atoms. The van der Waals surface area contributed by atoms with Gasteiger partial charge in [0.25, 0.3) is 0 Å². The van der Waals surface area contributed by atoms with Gasteiger partial charge in [0.15, 0.2) is 5.65 Å². The lowest BCUT2D eigenvalue weighted by atomic mass is 10.2. The molecule has 0 unspecified atom stereocenters. The van der Waals surface area contributed by atoms with Crippen molar-refractivity contribution in [1.82, 2.24) is 19.5 Å². The molecule has 1 aromatic carbocycles. The van der Waals surface area contributed by atoms with Crippen LogP contribution >= 0.6 is 11.8 Å². The van der Waals surface area contributed by atoms with Gasteiger partial charge in [-0.2, -0.15) is 4.98 Å². The fraction of sp³-hybridized carbons (Fsp3) is 0.312. The maximum atomic E-state index is 13.9. The zero-order valence-corrected chi connectivity index (χ0v) is 13.9. The van der Waals surface area contributed by atoms with Crippen LogP contribution in [0.2, 0.25) is 0 Å². The van der Waals surface area contributed by atoms with Crippen molar-refractivity contribution >= 4 is 28.9 Å². The van der Waals surface area contributed by atoms with Crippen LogP contribution in [-0.4, -0.2) is 43.5 Å². The van der Waals surface area contributed by atoms with Gasteiger partial charge in [-0.15, -0.1) is 0 Å². The van der Waals surface area contributed by atoms with E-state index in [0.29, 0.717) is 16.2 Å². The highest BCUT2D eigenvalue weighted by Crippen LogP contribution is 2.35. The standard InChI is InChI=1S/C16H16FN5O2S/c17-10-6-12(24-11(10)7-23)22-8-19-13-14(22)20-16(18)21-15(13)25-9-4-2-1-3-5-9/h1-5,8,10-12,23H,6-7H2,(H2,18,20,21)/t10-,11+,12+/m0/s1. The smallest absolute Gasteiger partial charge is 0.223 e. The SMILES string of the molecule is Nc1nc(Sc2ccccc2)c2ncn([C@H]3C[C@H](F)[C@@H](CO)O3)c2n1. The average molecular weight is 361 g/mol. The third kappa shape index (κ3) is 3.06. The number of imidazole rings is 1. The van der Waals surface area contributed by atoms with Crippen molar-refractivity contribution in [3.8, 4) is 0 Å². The number of nitrogen functional groups attached to an aromatic ring is 1. The first-order valence-electron chi connectivity index (χ1n) is 7.79. The first kappa shape index (κ1) is 16.2. The van der Waals surface area contributed by atoms with E-state index in [-0.39, 0.29) is 19.0 Å². The molecule has 0 saturated carbocycles. The van der Waals surface area contributed by atoms with E-state index in [4.69, 9.17) is 10.5 Å². The molecule has 9 heteroatoms. The summed E-state index contributed by atoms with van der Waals surface area (Å²) in [6, 6.07) is 9.73. The Morgan fingerprint density at radius 1 is 1.32 bits per heavy atom. The molecule has 25 heavy (non-hydrogen) atoms. The normalized spacial score (nSPS) is 23.4. The molecule has 1 aliphatic heterocycles. The van der Waals surface area contributed by atoms with Crippen LogP contribution in [0.5, 0.6) is 0 Å². The molecule has 1 saturated heterocycles. The van der Waals surface area contributed by atoms with E-state index in [9.17, 15) is 9.50 Å². The van der Waals surface area contributed by atoms with Crippen LogP contribution < -0.4 is 5.73 Å². The number of fused-ring (bicyclic) bond motifs is 1. The number of halogens is 1. The molecular formula is C16H16FN5O2S. The molecule has 3 atom stereocenters. The van der Waals surface area contributed by atoms with Crippen LogP contribution in [0.3, 0.4) is 0 Å². The Morgan fingerprint density at radius 3 is 2.84 bits per heavy atom. The average Bonchev–Trinajstić information content (AvgIpc) is 3.18. The van der Waals surface area contributed by atoms with E-state index in [1.54, 1.807) is 10.9 Å². The lowest BCUT2D eigenvalue weighted by Gasteiger charge is -2.13. The Kier molecular flexibility index (Phi) is 4.28. The number of hydrogen-bond donors (Lipinski definition) is 2. The molecule has 4 rings (SSSR count). The summed E-state index contributed by atoms with van der Waals surface area (Å²) in [6.07, 6.45) is -0.974. The van der Waals surface area contributed by atoms with Crippen LogP contribution in [-0.2, 0) is 4.74 Å². The van der Waals surface area contributed by atoms with Gasteiger partial charge >= 0.3 is 0 Å². The van der Waals surface area contributed by atoms with Gasteiger partial charge in [0.05, 0.1) is 12.9 Å². The van der Waals surface area contributed by atoms with Crippen molar-refractivity contribution in [3.63, 3.8) is 0 Å². The Labute approximate surface area is 147 Å². The number of benzene rings is 1. The van der Waals surface area contributed by atoms with Crippen molar-refractivity contribution in [2.45, 2.75) is 34.8 Å². The highest BCUT2D eigenvalue weighted by molar-refractivity contribution is 7.99. The van der Waals surface area contributed by atoms with Crippen molar-refractivity contribution < 1.29 is 14.2 Å². The van der Waals surface area contributed by atoms with Gasteiger partial charge in [-0.3, -0.25) is 4.57 Å². The minimum absolute atomic E-state index is 0.112. The van der Waals surface area contributed by atoms with Gasteiger partial charge in [-0.25, -0.2) is 14.4 Å². The van der Waals surface area contributed by atoms with Gasteiger partial charge in [-0.05, 0) is 12.1 Å². The summed E-state index contributed by atoms with van der Waals surface area (Å²) in [6.45, 7) is -0.365. The lowest BCUT2D eigenvalue weighted by Crippen LogP contribution is -2.21. The number of nitrogens with two attached hydrogens (primary N) is 1. The molecule has 0 amide bonds. The fourth-order valence-corrected chi connectivity index (χ4v) is 3.71. The van der Waals surface area contributed by atoms with Crippen molar-refractivity contribution in [3.05, 3.63) is 36.7 Å². The number of aliphatic hydroxyl groups is 1. The summed E-state index contributed by atoms with van der Waals surface area (Å²) in [4.78, 5) is 13.9. The number of rotatable bonds is 4. The zero-order valence-electron chi connectivity index (χ0n) is 13.1. The molecule has 1 aliphatic rings. The number of alkyl halides is 1. The third-order valence-corrected chi connectivity index (χ3v) is 5.00. The molecule has 1 fully saturated rings. The number of hydrogen-bond acceptors (Lipinski definition) is 7. The lowest BCUT2D eigenvalue weighted by molar-refractivity contribution is -0.0323. The quantitative estimate of drug-likeness (QED) is 0.687. The second kappa shape index (κ2) is 6.58. The number of aromatic nitrogens is 4. The van der Waals surface area contributed by atoms with Crippen LogP contribution in [0, 0.1) is 0 Å². The van der Waals surface area contributed by atoms with Crippen molar-refractivity contribution in [2.24, 2.45) is 0 Å². The maximum Gasteiger partial charge on any atom is 0.223 e. The Bertz CT molecular complexity index is 891. The summed E-state index contributed by atoms with van der Waals surface area (Å²) in [7, 11) is 0. The summed E-state index contributed by atoms with van der Waals surface area (Å²) >= 11 is 1.43. The highest BCUT2D eigenvalue weighted by atomic mass is 32.2. The van der Waals surface area contributed by atoms with E-state index in [1.165, 1.54) is 11.8 Å². The number of nitrogens with zero attached hydrogens (tertiary/aromatic N) is 4. The van der Waals surface area contributed by atoms with Gasteiger partial charge in [-0.1, -0.05) is 30.0 Å². The number of anilines is 1. The molecule has 7 nitrogen and oxygen atoms in total. The highest BCUT2D eigenvalue weighted by Gasteiger charge is 2.36. The van der Waals surface area contributed by atoms with Crippen molar-refractivity contribution in [2.75, 3.05) is 12.3 Å². The minimum Gasteiger partial charge on any atom is -0.394 e. The largest absolute Gasteiger partial charge is 0.394 e. The van der Waals surface area contributed by atoms with Crippen LogP contribution in [0.25, 0.3) is 11.2 Å². The summed E-state index contributed by atoms with van der Waals surface area (Å²) in [5, 5.41) is 9.80. The molecule has 3 aromatic rings. The van der Waals surface area contributed by atoms with Crippen molar-refractivity contribution in [1.29, 1.82) is 0 Å². The number of aliphatic hydroxyl groups excluding tert-OH is 1. The number of ether oxygens (including phenoxy) is 1.